The second-order valence-electron chi connectivity index (χ2n) is 5.31. The van der Waals surface area contributed by atoms with Gasteiger partial charge in [-0.1, -0.05) is 24.9 Å². The number of hydrogen-bond acceptors (Lipinski definition) is 3. The standard InChI is InChI=1S/C14H17ClN4O/c1-2-3-10-6-14(20)18(8-10)9-11-7-16-13-5-4-12(15)17-19(11)13/h4-5,7,10H,2-3,6,8-9H2,1H3. The van der Waals surface area contributed by atoms with Crippen molar-refractivity contribution in [1.29, 1.82) is 0 Å². The Morgan fingerprint density at radius 1 is 1.45 bits per heavy atom. The van der Waals surface area contributed by atoms with Crippen LogP contribution >= 0.6 is 11.6 Å². The van der Waals surface area contributed by atoms with E-state index >= 15 is 0 Å². The first-order valence-corrected chi connectivity index (χ1v) is 7.32. The van der Waals surface area contributed by atoms with Crippen LogP contribution in [0.3, 0.4) is 0 Å². The fourth-order valence-electron chi connectivity index (χ4n) is 2.81. The van der Waals surface area contributed by atoms with Gasteiger partial charge in [-0.3, -0.25) is 4.79 Å². The topological polar surface area (TPSA) is 50.5 Å². The van der Waals surface area contributed by atoms with Crippen molar-refractivity contribution in [3.8, 4) is 0 Å². The van der Waals surface area contributed by atoms with Gasteiger partial charge in [-0.05, 0) is 24.5 Å². The van der Waals surface area contributed by atoms with Gasteiger partial charge in [0.25, 0.3) is 0 Å². The summed E-state index contributed by atoms with van der Waals surface area (Å²) < 4.78 is 1.71. The predicted octanol–water partition coefficient (Wildman–Crippen LogP) is 2.53. The Labute approximate surface area is 122 Å². The third-order valence-electron chi connectivity index (χ3n) is 3.74. The van der Waals surface area contributed by atoms with Gasteiger partial charge < -0.3 is 4.90 Å². The molecule has 0 saturated carbocycles. The molecule has 5 nitrogen and oxygen atoms in total. The van der Waals surface area contributed by atoms with Gasteiger partial charge >= 0.3 is 0 Å². The molecule has 1 aliphatic rings. The molecule has 3 heterocycles. The number of carbonyl (C=O) groups is 1. The number of carbonyl (C=O) groups excluding carboxylic acids is 1. The van der Waals surface area contributed by atoms with Gasteiger partial charge in [-0.2, -0.15) is 5.10 Å². The molecule has 1 amide bonds. The van der Waals surface area contributed by atoms with Crippen molar-refractivity contribution in [2.24, 2.45) is 5.92 Å². The first-order valence-electron chi connectivity index (χ1n) is 6.94. The average molecular weight is 293 g/mol. The third-order valence-corrected chi connectivity index (χ3v) is 3.95. The second-order valence-corrected chi connectivity index (χ2v) is 5.70. The Morgan fingerprint density at radius 2 is 2.30 bits per heavy atom. The SMILES string of the molecule is CCCC1CC(=O)N(Cc2cnc3ccc(Cl)nn23)C1. The summed E-state index contributed by atoms with van der Waals surface area (Å²) in [5.41, 5.74) is 1.65. The second kappa shape index (κ2) is 5.40. The van der Waals surface area contributed by atoms with E-state index in [9.17, 15) is 4.79 Å². The summed E-state index contributed by atoms with van der Waals surface area (Å²) in [6, 6.07) is 3.54. The van der Waals surface area contributed by atoms with Gasteiger partial charge in [0.2, 0.25) is 5.91 Å². The summed E-state index contributed by atoms with van der Waals surface area (Å²) in [6.45, 7) is 3.54. The minimum absolute atomic E-state index is 0.223. The quantitative estimate of drug-likeness (QED) is 0.870. The Kier molecular flexibility index (Phi) is 3.61. The zero-order valence-electron chi connectivity index (χ0n) is 11.4. The predicted molar refractivity (Wildman–Crippen MR) is 76.4 cm³/mol. The molecule has 0 aromatic carbocycles. The molecule has 3 rings (SSSR count). The monoisotopic (exact) mass is 292 g/mol. The molecule has 0 spiro atoms. The van der Waals surface area contributed by atoms with Gasteiger partial charge in [-0.25, -0.2) is 9.50 Å². The molecular weight excluding hydrogens is 276 g/mol. The lowest BCUT2D eigenvalue weighted by Crippen LogP contribution is -2.25. The number of amides is 1. The molecule has 6 heteroatoms. The van der Waals surface area contributed by atoms with Crippen molar-refractivity contribution in [2.75, 3.05) is 6.54 Å². The normalized spacial score (nSPS) is 19.2. The highest BCUT2D eigenvalue weighted by atomic mass is 35.5. The molecule has 0 bridgehead atoms. The minimum Gasteiger partial charge on any atom is -0.336 e. The maximum absolute atomic E-state index is 12.0. The van der Waals surface area contributed by atoms with E-state index in [4.69, 9.17) is 11.6 Å². The van der Waals surface area contributed by atoms with Crippen molar-refractivity contribution in [3.05, 3.63) is 29.2 Å². The van der Waals surface area contributed by atoms with E-state index in [2.05, 4.69) is 17.0 Å². The van der Waals surface area contributed by atoms with Crippen molar-refractivity contribution < 1.29 is 4.79 Å². The van der Waals surface area contributed by atoms with Crippen LogP contribution in [-0.2, 0) is 11.3 Å². The molecule has 2 aromatic rings. The van der Waals surface area contributed by atoms with Crippen LogP contribution in [0.2, 0.25) is 5.15 Å². The molecule has 1 aliphatic heterocycles. The first-order chi connectivity index (χ1) is 9.67. The summed E-state index contributed by atoms with van der Waals surface area (Å²) in [5, 5.41) is 4.66. The van der Waals surface area contributed by atoms with E-state index in [-0.39, 0.29) is 5.91 Å². The van der Waals surface area contributed by atoms with Crippen LogP contribution in [0, 0.1) is 5.92 Å². The molecule has 0 aliphatic carbocycles. The van der Waals surface area contributed by atoms with E-state index in [0.717, 1.165) is 30.7 Å². The van der Waals surface area contributed by atoms with Gasteiger partial charge in [0.15, 0.2) is 5.65 Å². The van der Waals surface area contributed by atoms with Gasteiger partial charge in [0.1, 0.15) is 5.15 Å². The molecule has 106 valence electrons. The fraction of sp³-hybridized carbons (Fsp3) is 0.500. The van der Waals surface area contributed by atoms with Crippen molar-refractivity contribution in [1.82, 2.24) is 19.5 Å². The lowest BCUT2D eigenvalue weighted by Gasteiger charge is -2.15. The largest absolute Gasteiger partial charge is 0.336 e. The van der Waals surface area contributed by atoms with E-state index < -0.39 is 0 Å². The summed E-state index contributed by atoms with van der Waals surface area (Å²) in [6.07, 6.45) is 4.66. The molecule has 2 aromatic heterocycles. The molecule has 0 radical (unpaired) electrons. The van der Waals surface area contributed by atoms with Crippen LogP contribution in [0.25, 0.3) is 5.65 Å². The van der Waals surface area contributed by atoms with Crippen molar-refractivity contribution >= 4 is 23.2 Å². The number of halogens is 1. The van der Waals surface area contributed by atoms with E-state index in [0.29, 0.717) is 24.0 Å². The minimum atomic E-state index is 0.223. The van der Waals surface area contributed by atoms with Gasteiger partial charge in [0, 0.05) is 13.0 Å². The number of fused-ring (bicyclic) bond motifs is 1. The highest BCUT2D eigenvalue weighted by Crippen LogP contribution is 2.24. The highest BCUT2D eigenvalue weighted by molar-refractivity contribution is 6.29. The summed E-state index contributed by atoms with van der Waals surface area (Å²) in [7, 11) is 0. The van der Waals surface area contributed by atoms with Crippen molar-refractivity contribution in [2.45, 2.75) is 32.7 Å². The van der Waals surface area contributed by atoms with Crippen LogP contribution in [-0.4, -0.2) is 31.9 Å². The molecule has 1 atom stereocenters. The van der Waals surface area contributed by atoms with Gasteiger partial charge in [-0.15, -0.1) is 0 Å². The van der Waals surface area contributed by atoms with Crippen LogP contribution in [0.15, 0.2) is 18.3 Å². The molecule has 1 saturated heterocycles. The number of likely N-dealkylation sites (tertiary alicyclic amines) is 1. The smallest absolute Gasteiger partial charge is 0.223 e. The van der Waals surface area contributed by atoms with Crippen LogP contribution in [0.4, 0.5) is 0 Å². The zero-order valence-corrected chi connectivity index (χ0v) is 12.2. The summed E-state index contributed by atoms with van der Waals surface area (Å²) >= 11 is 5.92. The fourth-order valence-corrected chi connectivity index (χ4v) is 2.95. The van der Waals surface area contributed by atoms with E-state index in [1.807, 2.05) is 11.0 Å². The molecule has 1 fully saturated rings. The van der Waals surface area contributed by atoms with E-state index in [1.54, 1.807) is 16.8 Å². The van der Waals surface area contributed by atoms with E-state index in [1.165, 1.54) is 0 Å². The Hall–Kier alpha value is -1.62. The Morgan fingerprint density at radius 3 is 3.10 bits per heavy atom. The number of nitrogens with zero attached hydrogens (tertiary/aromatic N) is 4. The maximum Gasteiger partial charge on any atom is 0.223 e. The average Bonchev–Trinajstić information content (AvgIpc) is 2.95. The molecular formula is C14H17ClN4O. The summed E-state index contributed by atoms with van der Waals surface area (Å²) in [5.74, 6) is 0.712. The highest BCUT2D eigenvalue weighted by Gasteiger charge is 2.29. The number of rotatable bonds is 4. The number of hydrogen-bond donors (Lipinski definition) is 0. The molecule has 0 N–H and O–H groups in total. The lowest BCUT2D eigenvalue weighted by molar-refractivity contribution is -0.128. The Balaban J connectivity index is 1.80. The number of aromatic nitrogens is 3. The lowest BCUT2D eigenvalue weighted by atomic mass is 10.0. The summed E-state index contributed by atoms with van der Waals surface area (Å²) in [4.78, 5) is 18.2. The number of imidazole rings is 1. The molecule has 1 unspecified atom stereocenters. The van der Waals surface area contributed by atoms with Crippen molar-refractivity contribution in [3.63, 3.8) is 0 Å². The first kappa shape index (κ1) is 13.4. The maximum atomic E-state index is 12.0. The Bertz CT molecular complexity index is 639. The van der Waals surface area contributed by atoms with Crippen LogP contribution in [0.1, 0.15) is 31.9 Å². The van der Waals surface area contributed by atoms with Crippen LogP contribution < -0.4 is 0 Å². The third kappa shape index (κ3) is 2.50. The van der Waals surface area contributed by atoms with Crippen LogP contribution in [0.5, 0.6) is 0 Å². The van der Waals surface area contributed by atoms with Gasteiger partial charge in [0.05, 0.1) is 18.4 Å². The zero-order chi connectivity index (χ0) is 14.1. The molecule has 20 heavy (non-hydrogen) atoms.